The van der Waals surface area contributed by atoms with Crippen LogP contribution in [0.25, 0.3) is 0 Å². The number of aliphatic hydroxyl groups excluding tert-OH is 2. The molecule has 4 unspecified atom stereocenters. The first-order valence-electron chi connectivity index (χ1n) is 10.0. The number of hydrogen-bond donors (Lipinski definition) is 5. The van der Waals surface area contributed by atoms with Gasteiger partial charge >= 0.3 is 11.9 Å². The van der Waals surface area contributed by atoms with Gasteiger partial charge in [0.25, 0.3) is 0 Å². The first kappa shape index (κ1) is 21.5. The number of hydrogen-bond acceptors (Lipinski definition) is 6. The van der Waals surface area contributed by atoms with Gasteiger partial charge in [0, 0.05) is 11.5 Å². The van der Waals surface area contributed by atoms with Crippen LogP contribution in [0.5, 0.6) is 5.75 Å². The summed E-state index contributed by atoms with van der Waals surface area (Å²) in [6.45, 7) is 1.22. The summed E-state index contributed by atoms with van der Waals surface area (Å²) in [6, 6.07) is 6.85. The Kier molecular flexibility index (Phi) is 6.16. The van der Waals surface area contributed by atoms with E-state index in [0.717, 1.165) is 12.0 Å². The lowest BCUT2D eigenvalue weighted by molar-refractivity contribution is -0.165. The summed E-state index contributed by atoms with van der Waals surface area (Å²) in [6.07, 6.45) is 3.39. The molecule has 160 valence electrons. The summed E-state index contributed by atoms with van der Waals surface area (Å²) in [7, 11) is 2.30. The molecule has 5 atom stereocenters. The maximum Gasteiger partial charge on any atom is 0.335 e. The van der Waals surface area contributed by atoms with E-state index in [1.54, 1.807) is 0 Å². The molecule has 0 amide bonds. The molecule has 4 rings (SSSR count). The third-order valence-electron chi connectivity index (χ3n) is 6.90. The van der Waals surface area contributed by atoms with Gasteiger partial charge in [-0.3, -0.25) is 0 Å². The van der Waals surface area contributed by atoms with Crippen LogP contribution in [0.3, 0.4) is 0 Å². The molecule has 1 saturated heterocycles. The Morgan fingerprint density at radius 2 is 1.76 bits per heavy atom. The molecule has 5 N–H and O–H groups in total. The number of aliphatic carboxylic acids is 2. The minimum atomic E-state index is -2.27. The van der Waals surface area contributed by atoms with Crippen LogP contribution in [0.1, 0.15) is 43.2 Å². The molecule has 0 spiro atoms. The predicted octanol–water partition coefficient (Wildman–Crippen LogP) is 0.958. The number of aliphatic hydroxyl groups is 2. The summed E-state index contributed by atoms with van der Waals surface area (Å²) >= 11 is 0. The Bertz CT molecular complexity index is 764. The van der Waals surface area contributed by atoms with E-state index in [2.05, 4.69) is 24.1 Å². The molecule has 0 radical (unpaired) electrons. The fourth-order valence-corrected chi connectivity index (χ4v) is 5.45. The van der Waals surface area contributed by atoms with E-state index in [1.165, 1.54) is 56.2 Å². The van der Waals surface area contributed by atoms with Crippen LogP contribution in [0.15, 0.2) is 18.2 Å². The Morgan fingerprint density at radius 3 is 2.38 bits per heavy atom. The Balaban J connectivity index is 0.000000207. The molecule has 1 aromatic rings. The summed E-state index contributed by atoms with van der Waals surface area (Å²) in [4.78, 5) is 22.1. The van der Waals surface area contributed by atoms with Crippen molar-refractivity contribution >= 4 is 11.9 Å². The number of fused-ring (bicyclic) bond motifs is 1. The number of carboxylic acid groups (broad SMARTS) is 2. The number of piperidine rings is 1. The van der Waals surface area contributed by atoms with Crippen molar-refractivity contribution in [2.45, 2.75) is 62.2 Å². The van der Waals surface area contributed by atoms with Crippen molar-refractivity contribution in [2.75, 3.05) is 13.6 Å². The number of phenols is 1. The third-order valence-corrected chi connectivity index (χ3v) is 6.90. The van der Waals surface area contributed by atoms with Crippen LogP contribution in [0.4, 0.5) is 0 Å². The van der Waals surface area contributed by atoms with Crippen LogP contribution in [0.2, 0.25) is 0 Å². The first-order chi connectivity index (χ1) is 13.7. The standard InChI is InChI=1S/C17H23NO.C4H6O6/c1-18-9-8-17-7-3-2-4-14(17)16(18)10-12-5-6-13(19)11-15(12)17;5-1(3(7)8)2(6)4(9)10/h5-6,11,14,16,19H,2-4,7-10H2,1H3;1-2,5-6H,(H,7,8)(H,9,10)/t14-,16?,17?;/m0./s1. The summed E-state index contributed by atoms with van der Waals surface area (Å²) in [5.41, 5.74) is 3.36. The first-order valence-corrected chi connectivity index (χ1v) is 10.0. The summed E-state index contributed by atoms with van der Waals surface area (Å²) in [5.74, 6) is -2.27. The number of likely N-dealkylation sites (N-methyl/N-ethyl adjacent to an activating group) is 1. The minimum Gasteiger partial charge on any atom is -0.508 e. The van der Waals surface area contributed by atoms with Crippen LogP contribution < -0.4 is 0 Å². The fraction of sp³-hybridized carbons (Fsp3) is 0.619. The van der Waals surface area contributed by atoms with Crippen molar-refractivity contribution in [3.8, 4) is 5.75 Å². The molecule has 1 aliphatic heterocycles. The SMILES string of the molecule is CN1CCC23CCCC[C@H]2C1Cc1ccc(O)cc13.O=C(O)C(O)C(O)C(=O)O. The number of phenolic OH excluding ortho intramolecular Hbond substituents is 1. The zero-order valence-electron chi connectivity index (χ0n) is 16.5. The van der Waals surface area contributed by atoms with Crippen molar-refractivity contribution in [1.82, 2.24) is 4.90 Å². The molecule has 29 heavy (non-hydrogen) atoms. The number of rotatable bonds is 3. The van der Waals surface area contributed by atoms with Gasteiger partial charge in [-0.05, 0) is 68.5 Å². The molecular formula is C21H29NO7. The predicted molar refractivity (Wildman–Crippen MR) is 104 cm³/mol. The molecule has 1 heterocycles. The minimum absolute atomic E-state index is 0.377. The van der Waals surface area contributed by atoms with E-state index in [-0.39, 0.29) is 0 Å². The normalized spacial score (nSPS) is 30.0. The van der Waals surface area contributed by atoms with Gasteiger partial charge in [0.2, 0.25) is 0 Å². The number of aromatic hydroxyl groups is 1. The van der Waals surface area contributed by atoms with Crippen LogP contribution in [-0.2, 0) is 21.4 Å². The number of benzene rings is 1. The van der Waals surface area contributed by atoms with Gasteiger partial charge in [-0.15, -0.1) is 0 Å². The summed E-state index contributed by atoms with van der Waals surface area (Å²) in [5, 5.41) is 42.4. The second kappa shape index (κ2) is 8.30. The average Bonchev–Trinajstić information content (AvgIpc) is 2.70. The molecule has 0 aromatic heterocycles. The lowest BCUT2D eigenvalue weighted by Crippen LogP contribution is -2.59. The molecule has 1 aromatic carbocycles. The Morgan fingerprint density at radius 1 is 1.10 bits per heavy atom. The molecule has 8 heteroatoms. The fourth-order valence-electron chi connectivity index (χ4n) is 5.45. The Labute approximate surface area is 169 Å². The van der Waals surface area contributed by atoms with E-state index in [0.29, 0.717) is 11.2 Å². The van der Waals surface area contributed by atoms with Gasteiger partial charge in [-0.25, -0.2) is 9.59 Å². The van der Waals surface area contributed by atoms with Crippen molar-refractivity contribution < 1.29 is 35.1 Å². The lowest BCUT2D eigenvalue weighted by atomic mass is 9.52. The maximum atomic E-state index is 9.91. The topological polar surface area (TPSA) is 139 Å². The van der Waals surface area contributed by atoms with E-state index < -0.39 is 24.1 Å². The second-order valence-corrected chi connectivity index (χ2v) is 8.42. The number of nitrogens with zero attached hydrogens (tertiary/aromatic N) is 1. The summed E-state index contributed by atoms with van der Waals surface area (Å²) < 4.78 is 0. The zero-order chi connectivity index (χ0) is 21.3. The lowest BCUT2D eigenvalue weighted by Gasteiger charge is -2.58. The quantitative estimate of drug-likeness (QED) is 0.499. The monoisotopic (exact) mass is 407 g/mol. The zero-order valence-corrected chi connectivity index (χ0v) is 16.5. The molecule has 1 saturated carbocycles. The molecular weight excluding hydrogens is 378 g/mol. The van der Waals surface area contributed by atoms with Crippen molar-refractivity contribution in [2.24, 2.45) is 5.92 Å². The highest BCUT2D eigenvalue weighted by atomic mass is 16.4. The van der Waals surface area contributed by atoms with E-state index >= 15 is 0 Å². The number of likely N-dealkylation sites (tertiary alicyclic amines) is 1. The number of carbonyl (C=O) groups is 2. The number of carboxylic acids is 2. The third kappa shape index (κ3) is 3.97. The van der Waals surface area contributed by atoms with Crippen LogP contribution in [0, 0.1) is 5.92 Å². The van der Waals surface area contributed by atoms with Crippen LogP contribution in [-0.4, -0.2) is 74.2 Å². The molecule has 8 nitrogen and oxygen atoms in total. The average molecular weight is 407 g/mol. The van der Waals surface area contributed by atoms with Gasteiger partial charge in [-0.2, -0.15) is 0 Å². The highest BCUT2D eigenvalue weighted by Crippen LogP contribution is 2.55. The van der Waals surface area contributed by atoms with Crippen molar-refractivity contribution in [3.63, 3.8) is 0 Å². The van der Waals surface area contributed by atoms with Gasteiger partial charge in [0.05, 0.1) is 0 Å². The van der Waals surface area contributed by atoms with Gasteiger partial charge < -0.3 is 30.4 Å². The highest BCUT2D eigenvalue weighted by Gasteiger charge is 2.53. The highest BCUT2D eigenvalue weighted by molar-refractivity contribution is 5.83. The van der Waals surface area contributed by atoms with E-state index in [4.69, 9.17) is 20.4 Å². The van der Waals surface area contributed by atoms with E-state index in [9.17, 15) is 14.7 Å². The van der Waals surface area contributed by atoms with Crippen LogP contribution >= 0.6 is 0 Å². The van der Waals surface area contributed by atoms with Gasteiger partial charge in [-0.1, -0.05) is 18.9 Å². The molecule has 3 aliphatic rings. The maximum absolute atomic E-state index is 9.91. The van der Waals surface area contributed by atoms with Crippen molar-refractivity contribution in [1.29, 1.82) is 0 Å². The van der Waals surface area contributed by atoms with Gasteiger partial charge in [0.15, 0.2) is 12.2 Å². The van der Waals surface area contributed by atoms with Crippen molar-refractivity contribution in [3.05, 3.63) is 29.3 Å². The smallest absolute Gasteiger partial charge is 0.335 e. The van der Waals surface area contributed by atoms with E-state index in [1.807, 2.05) is 6.07 Å². The molecule has 2 aliphatic carbocycles. The largest absolute Gasteiger partial charge is 0.508 e. The second-order valence-electron chi connectivity index (χ2n) is 8.42. The van der Waals surface area contributed by atoms with Gasteiger partial charge in [0.1, 0.15) is 5.75 Å². The molecule has 2 bridgehead atoms. The molecule has 2 fully saturated rings. The Hall–Kier alpha value is -2.16.